The van der Waals surface area contributed by atoms with E-state index in [4.69, 9.17) is 0 Å². The van der Waals surface area contributed by atoms with Gasteiger partial charge in [0.2, 0.25) is 0 Å². The Morgan fingerprint density at radius 2 is 2.07 bits per heavy atom. The molecule has 0 aromatic heterocycles. The van der Waals surface area contributed by atoms with Gasteiger partial charge < -0.3 is 10.2 Å². The van der Waals surface area contributed by atoms with Gasteiger partial charge in [-0.1, -0.05) is 0 Å². The van der Waals surface area contributed by atoms with Crippen LogP contribution in [0.2, 0.25) is 0 Å². The predicted molar refractivity (Wildman–Crippen MR) is 49.3 cm³/mol. The first-order valence-electron chi connectivity index (χ1n) is 4.66. The van der Waals surface area contributed by atoms with E-state index in [1.54, 1.807) is 13.8 Å². The van der Waals surface area contributed by atoms with Crippen LogP contribution in [0.5, 0.6) is 0 Å². The zero-order chi connectivity index (χ0) is 11.0. The highest BCUT2D eigenvalue weighted by Crippen LogP contribution is 2.23. The third-order valence-corrected chi connectivity index (χ3v) is 2.42. The lowest BCUT2D eigenvalue weighted by atomic mass is 9.99. The molecule has 3 nitrogen and oxygen atoms in total. The summed E-state index contributed by atoms with van der Waals surface area (Å²) in [6.07, 6.45) is 0. The molecule has 0 aromatic carbocycles. The number of piperazine rings is 1. The van der Waals surface area contributed by atoms with Gasteiger partial charge in [0.25, 0.3) is 5.91 Å². The summed E-state index contributed by atoms with van der Waals surface area (Å²) in [6, 6.07) is 0. The molecule has 1 heterocycles. The number of nitrogens with one attached hydrogen (secondary N) is 1. The van der Waals surface area contributed by atoms with Crippen LogP contribution in [0.25, 0.3) is 0 Å². The zero-order valence-electron chi connectivity index (χ0n) is 8.73. The number of halogens is 2. The molecule has 0 saturated carbocycles. The van der Waals surface area contributed by atoms with Crippen LogP contribution in [-0.2, 0) is 4.79 Å². The van der Waals surface area contributed by atoms with Crippen molar-refractivity contribution in [1.29, 1.82) is 0 Å². The summed E-state index contributed by atoms with van der Waals surface area (Å²) in [4.78, 5) is 12.6. The third kappa shape index (κ3) is 2.20. The SMILES string of the molecule is CC(F)(F)C(=O)N1CCNCC1(C)C. The Morgan fingerprint density at radius 1 is 1.50 bits per heavy atom. The minimum absolute atomic E-state index is 0.343. The molecule has 1 fully saturated rings. The van der Waals surface area contributed by atoms with Gasteiger partial charge in [0, 0.05) is 32.1 Å². The maximum absolute atomic E-state index is 12.8. The van der Waals surface area contributed by atoms with Crippen molar-refractivity contribution in [2.45, 2.75) is 32.2 Å². The van der Waals surface area contributed by atoms with Crippen molar-refractivity contribution in [3.05, 3.63) is 0 Å². The zero-order valence-corrected chi connectivity index (χ0v) is 8.73. The van der Waals surface area contributed by atoms with Crippen molar-refractivity contribution in [2.24, 2.45) is 0 Å². The summed E-state index contributed by atoms with van der Waals surface area (Å²) in [7, 11) is 0. The van der Waals surface area contributed by atoms with Crippen molar-refractivity contribution < 1.29 is 13.6 Å². The van der Waals surface area contributed by atoms with Gasteiger partial charge in [-0.25, -0.2) is 0 Å². The smallest absolute Gasteiger partial charge is 0.322 e. The van der Waals surface area contributed by atoms with E-state index in [2.05, 4.69) is 5.32 Å². The molecule has 0 atom stereocenters. The molecule has 1 amide bonds. The standard InChI is InChI=1S/C9H16F2N2O/c1-8(2)6-12-4-5-13(8)7(14)9(3,10)11/h12H,4-6H2,1-3H3. The predicted octanol–water partition coefficient (Wildman–Crippen LogP) is 0.852. The highest BCUT2D eigenvalue weighted by molar-refractivity contribution is 5.83. The first-order chi connectivity index (χ1) is 6.25. The second-order valence-corrected chi connectivity index (χ2v) is 4.33. The molecule has 1 aliphatic rings. The molecule has 0 aliphatic carbocycles. The number of alkyl halides is 2. The topological polar surface area (TPSA) is 32.3 Å². The van der Waals surface area contributed by atoms with Crippen LogP contribution in [0, 0.1) is 0 Å². The molecular weight excluding hydrogens is 190 g/mol. The summed E-state index contributed by atoms with van der Waals surface area (Å²) >= 11 is 0. The van der Waals surface area contributed by atoms with Gasteiger partial charge in [0.05, 0.1) is 0 Å². The van der Waals surface area contributed by atoms with Crippen molar-refractivity contribution in [3.8, 4) is 0 Å². The third-order valence-electron chi connectivity index (χ3n) is 2.42. The minimum atomic E-state index is -3.27. The van der Waals surface area contributed by atoms with Crippen molar-refractivity contribution in [2.75, 3.05) is 19.6 Å². The van der Waals surface area contributed by atoms with E-state index < -0.39 is 17.4 Å². The molecule has 0 radical (unpaired) electrons. The Bertz CT molecular complexity index is 235. The highest BCUT2D eigenvalue weighted by atomic mass is 19.3. The molecule has 82 valence electrons. The van der Waals surface area contributed by atoms with Gasteiger partial charge in [-0.2, -0.15) is 8.78 Å². The van der Waals surface area contributed by atoms with Gasteiger partial charge in [-0.3, -0.25) is 4.79 Å². The van der Waals surface area contributed by atoms with E-state index in [0.29, 0.717) is 26.6 Å². The molecule has 0 aromatic rings. The second kappa shape index (κ2) is 3.46. The normalized spacial score (nSPS) is 22.2. The average molecular weight is 206 g/mol. The van der Waals surface area contributed by atoms with E-state index in [9.17, 15) is 13.6 Å². The summed E-state index contributed by atoms with van der Waals surface area (Å²) < 4.78 is 25.7. The fraction of sp³-hybridized carbons (Fsp3) is 0.889. The van der Waals surface area contributed by atoms with E-state index in [-0.39, 0.29) is 0 Å². The van der Waals surface area contributed by atoms with Crippen LogP contribution < -0.4 is 5.32 Å². The minimum Gasteiger partial charge on any atom is -0.330 e. The molecule has 0 unspecified atom stereocenters. The Kier molecular flexibility index (Phi) is 2.81. The summed E-state index contributed by atoms with van der Waals surface area (Å²) in [5.41, 5.74) is -0.533. The van der Waals surface area contributed by atoms with Gasteiger partial charge >= 0.3 is 5.92 Å². The fourth-order valence-electron chi connectivity index (χ4n) is 1.60. The lowest BCUT2D eigenvalue weighted by Crippen LogP contribution is -2.62. The van der Waals surface area contributed by atoms with Crippen LogP contribution in [-0.4, -0.2) is 41.9 Å². The number of nitrogens with zero attached hydrogens (tertiary/aromatic N) is 1. The molecule has 0 bridgehead atoms. The summed E-state index contributed by atoms with van der Waals surface area (Å²) in [5.74, 6) is -4.35. The Hall–Kier alpha value is -0.710. The molecule has 14 heavy (non-hydrogen) atoms. The Morgan fingerprint density at radius 3 is 2.50 bits per heavy atom. The number of carbonyl (C=O) groups excluding carboxylic acids is 1. The first-order valence-corrected chi connectivity index (χ1v) is 4.66. The number of carbonyl (C=O) groups is 1. The van der Waals surface area contributed by atoms with Crippen LogP contribution in [0.1, 0.15) is 20.8 Å². The molecule has 0 spiro atoms. The number of amides is 1. The molecular formula is C9H16F2N2O. The van der Waals surface area contributed by atoms with Crippen LogP contribution >= 0.6 is 0 Å². The van der Waals surface area contributed by atoms with E-state index >= 15 is 0 Å². The highest BCUT2D eigenvalue weighted by Gasteiger charge is 2.43. The summed E-state index contributed by atoms with van der Waals surface area (Å²) in [5, 5.41) is 3.07. The Labute approximate surface area is 82.5 Å². The lowest BCUT2D eigenvalue weighted by molar-refractivity contribution is -0.161. The van der Waals surface area contributed by atoms with Crippen molar-refractivity contribution >= 4 is 5.91 Å². The number of hydrogen-bond acceptors (Lipinski definition) is 2. The van der Waals surface area contributed by atoms with Crippen molar-refractivity contribution in [1.82, 2.24) is 10.2 Å². The molecule has 1 rings (SSSR count). The van der Waals surface area contributed by atoms with Crippen molar-refractivity contribution in [3.63, 3.8) is 0 Å². The van der Waals surface area contributed by atoms with E-state index in [1.807, 2.05) is 0 Å². The average Bonchev–Trinajstić information content (AvgIpc) is 2.00. The van der Waals surface area contributed by atoms with Gasteiger partial charge in [0.15, 0.2) is 0 Å². The monoisotopic (exact) mass is 206 g/mol. The van der Waals surface area contributed by atoms with Gasteiger partial charge in [-0.15, -0.1) is 0 Å². The molecule has 1 saturated heterocycles. The van der Waals surface area contributed by atoms with Crippen LogP contribution in [0.3, 0.4) is 0 Å². The van der Waals surface area contributed by atoms with E-state index in [1.165, 1.54) is 4.90 Å². The number of hydrogen-bond donors (Lipinski definition) is 1. The second-order valence-electron chi connectivity index (χ2n) is 4.33. The lowest BCUT2D eigenvalue weighted by Gasteiger charge is -2.43. The maximum atomic E-state index is 12.8. The quantitative estimate of drug-likeness (QED) is 0.690. The molecule has 1 N–H and O–H groups in total. The number of rotatable bonds is 1. The first kappa shape index (κ1) is 11.4. The molecule has 1 aliphatic heterocycles. The van der Waals surface area contributed by atoms with E-state index in [0.717, 1.165) is 0 Å². The van der Waals surface area contributed by atoms with Gasteiger partial charge in [-0.05, 0) is 13.8 Å². The largest absolute Gasteiger partial charge is 0.330 e. The van der Waals surface area contributed by atoms with Crippen LogP contribution in [0.4, 0.5) is 8.78 Å². The van der Waals surface area contributed by atoms with Crippen LogP contribution in [0.15, 0.2) is 0 Å². The maximum Gasteiger partial charge on any atom is 0.322 e. The van der Waals surface area contributed by atoms with Gasteiger partial charge in [0.1, 0.15) is 0 Å². The molecule has 5 heteroatoms. The summed E-state index contributed by atoms with van der Waals surface area (Å²) in [6.45, 7) is 5.67. The Balaban J connectivity index is 2.80. The fourth-order valence-corrected chi connectivity index (χ4v) is 1.60.